The predicted molar refractivity (Wildman–Crippen MR) is 62.7 cm³/mol. The molecule has 0 N–H and O–H groups in total. The average Bonchev–Trinajstić information content (AvgIpc) is 2.61. The van der Waals surface area contributed by atoms with Crippen LogP contribution in [0.2, 0.25) is 0 Å². The summed E-state index contributed by atoms with van der Waals surface area (Å²) >= 11 is 0. The summed E-state index contributed by atoms with van der Waals surface area (Å²) in [6.45, 7) is 4.22. The molecular formula is C13H15FN2. The first-order valence-electron chi connectivity index (χ1n) is 5.37. The largest absolute Gasteiger partial charge is 0.331 e. The molecule has 0 fully saturated rings. The van der Waals surface area contributed by atoms with Gasteiger partial charge in [0, 0.05) is 13.0 Å². The van der Waals surface area contributed by atoms with Crippen LogP contribution in [-0.4, -0.2) is 9.55 Å². The molecule has 0 aliphatic rings. The lowest BCUT2D eigenvalue weighted by Crippen LogP contribution is -2.01. The zero-order valence-electron chi connectivity index (χ0n) is 9.74. The second kappa shape index (κ2) is 4.08. The molecule has 2 rings (SSSR count). The van der Waals surface area contributed by atoms with Gasteiger partial charge < -0.3 is 4.57 Å². The van der Waals surface area contributed by atoms with Crippen LogP contribution in [0.5, 0.6) is 0 Å². The molecule has 0 bridgehead atoms. The maximum absolute atomic E-state index is 12.8. The van der Waals surface area contributed by atoms with Crippen molar-refractivity contribution in [3.63, 3.8) is 0 Å². The van der Waals surface area contributed by atoms with E-state index in [4.69, 9.17) is 0 Å². The van der Waals surface area contributed by atoms with Crippen molar-refractivity contribution in [2.45, 2.75) is 19.8 Å². The Bertz CT molecular complexity index is 483. The van der Waals surface area contributed by atoms with E-state index in [1.54, 1.807) is 12.1 Å². The topological polar surface area (TPSA) is 17.8 Å². The monoisotopic (exact) mass is 218 g/mol. The molecule has 3 heteroatoms. The van der Waals surface area contributed by atoms with Gasteiger partial charge in [0.2, 0.25) is 0 Å². The number of halogens is 1. The fourth-order valence-corrected chi connectivity index (χ4v) is 1.85. The summed E-state index contributed by atoms with van der Waals surface area (Å²) in [5.41, 5.74) is 2.01. The highest BCUT2D eigenvalue weighted by molar-refractivity contribution is 5.59. The van der Waals surface area contributed by atoms with Crippen molar-refractivity contribution in [2.24, 2.45) is 7.05 Å². The van der Waals surface area contributed by atoms with Gasteiger partial charge in [-0.15, -0.1) is 0 Å². The molecule has 84 valence electrons. The highest BCUT2D eigenvalue weighted by atomic mass is 19.1. The Morgan fingerprint density at radius 2 is 1.81 bits per heavy atom. The number of aromatic nitrogens is 2. The standard InChI is InChI=1S/C13H15FN2/c1-9(2)13-15-8-12(16(13)3)10-4-6-11(14)7-5-10/h4-9H,1-3H3. The van der Waals surface area contributed by atoms with Crippen LogP contribution in [0.3, 0.4) is 0 Å². The van der Waals surface area contributed by atoms with Gasteiger partial charge in [0.1, 0.15) is 11.6 Å². The molecule has 0 saturated heterocycles. The van der Waals surface area contributed by atoms with E-state index in [2.05, 4.69) is 23.4 Å². The molecule has 1 heterocycles. The van der Waals surface area contributed by atoms with Gasteiger partial charge in [0.25, 0.3) is 0 Å². The smallest absolute Gasteiger partial charge is 0.123 e. The van der Waals surface area contributed by atoms with Crippen molar-refractivity contribution in [3.8, 4) is 11.3 Å². The zero-order chi connectivity index (χ0) is 11.7. The predicted octanol–water partition coefficient (Wildman–Crippen LogP) is 3.35. The highest BCUT2D eigenvalue weighted by Gasteiger charge is 2.10. The third-order valence-electron chi connectivity index (χ3n) is 2.68. The van der Waals surface area contributed by atoms with Crippen molar-refractivity contribution >= 4 is 0 Å². The maximum Gasteiger partial charge on any atom is 0.123 e. The summed E-state index contributed by atoms with van der Waals surface area (Å²) in [5, 5.41) is 0. The van der Waals surface area contributed by atoms with Crippen molar-refractivity contribution in [1.82, 2.24) is 9.55 Å². The summed E-state index contributed by atoms with van der Waals surface area (Å²) in [5.74, 6) is 1.22. The molecule has 0 aliphatic carbocycles. The van der Waals surface area contributed by atoms with Gasteiger partial charge in [-0.25, -0.2) is 9.37 Å². The molecule has 0 atom stereocenters. The van der Waals surface area contributed by atoms with Gasteiger partial charge in [-0.05, 0) is 29.8 Å². The minimum atomic E-state index is -0.213. The third-order valence-corrected chi connectivity index (χ3v) is 2.68. The normalized spacial score (nSPS) is 11.1. The molecular weight excluding hydrogens is 203 g/mol. The third kappa shape index (κ3) is 1.85. The molecule has 0 radical (unpaired) electrons. The van der Waals surface area contributed by atoms with Crippen LogP contribution in [0.15, 0.2) is 30.5 Å². The summed E-state index contributed by atoms with van der Waals surface area (Å²) in [6.07, 6.45) is 1.84. The van der Waals surface area contributed by atoms with Crippen LogP contribution >= 0.6 is 0 Å². The Labute approximate surface area is 94.8 Å². The molecule has 16 heavy (non-hydrogen) atoms. The SMILES string of the molecule is CC(C)c1ncc(-c2ccc(F)cc2)n1C. The summed E-state index contributed by atoms with van der Waals surface area (Å²) < 4.78 is 14.9. The second-order valence-corrected chi connectivity index (χ2v) is 4.22. The van der Waals surface area contributed by atoms with Crippen LogP contribution in [-0.2, 0) is 7.05 Å². The minimum Gasteiger partial charge on any atom is -0.331 e. The molecule has 2 nitrogen and oxygen atoms in total. The van der Waals surface area contributed by atoms with Crippen LogP contribution in [0.4, 0.5) is 4.39 Å². The van der Waals surface area contributed by atoms with Gasteiger partial charge in [0.05, 0.1) is 11.9 Å². The zero-order valence-corrected chi connectivity index (χ0v) is 9.74. The first kappa shape index (κ1) is 10.9. The van der Waals surface area contributed by atoms with Gasteiger partial charge in [-0.2, -0.15) is 0 Å². The molecule has 2 aromatic rings. The quantitative estimate of drug-likeness (QED) is 0.755. The lowest BCUT2D eigenvalue weighted by Gasteiger charge is -2.08. The average molecular weight is 218 g/mol. The van der Waals surface area contributed by atoms with Crippen molar-refractivity contribution in [2.75, 3.05) is 0 Å². The molecule has 0 unspecified atom stereocenters. The number of imidazole rings is 1. The first-order chi connectivity index (χ1) is 7.59. The fourth-order valence-electron chi connectivity index (χ4n) is 1.85. The molecule has 0 spiro atoms. The Morgan fingerprint density at radius 1 is 1.19 bits per heavy atom. The van der Waals surface area contributed by atoms with E-state index >= 15 is 0 Å². The van der Waals surface area contributed by atoms with Crippen LogP contribution in [0, 0.1) is 5.82 Å². The highest BCUT2D eigenvalue weighted by Crippen LogP contribution is 2.23. The maximum atomic E-state index is 12.8. The van der Waals surface area contributed by atoms with Gasteiger partial charge in [-0.1, -0.05) is 13.8 Å². The Hall–Kier alpha value is -1.64. The first-order valence-corrected chi connectivity index (χ1v) is 5.37. The van der Waals surface area contributed by atoms with Crippen LogP contribution in [0.25, 0.3) is 11.3 Å². The van der Waals surface area contributed by atoms with E-state index in [-0.39, 0.29) is 5.82 Å². The lowest BCUT2D eigenvalue weighted by atomic mass is 10.1. The second-order valence-electron chi connectivity index (χ2n) is 4.22. The van der Waals surface area contributed by atoms with Crippen molar-refractivity contribution in [1.29, 1.82) is 0 Å². The van der Waals surface area contributed by atoms with E-state index < -0.39 is 0 Å². The molecule has 1 aromatic carbocycles. The van der Waals surface area contributed by atoms with E-state index in [0.717, 1.165) is 17.1 Å². The van der Waals surface area contributed by atoms with Crippen molar-refractivity contribution < 1.29 is 4.39 Å². The molecule has 0 aliphatic heterocycles. The van der Waals surface area contributed by atoms with E-state index in [0.29, 0.717) is 5.92 Å². The Kier molecular flexibility index (Phi) is 2.77. The lowest BCUT2D eigenvalue weighted by molar-refractivity contribution is 0.628. The van der Waals surface area contributed by atoms with E-state index in [1.165, 1.54) is 12.1 Å². The van der Waals surface area contributed by atoms with Gasteiger partial charge in [-0.3, -0.25) is 0 Å². The van der Waals surface area contributed by atoms with Gasteiger partial charge in [0.15, 0.2) is 0 Å². The van der Waals surface area contributed by atoms with Crippen molar-refractivity contribution in [3.05, 3.63) is 42.1 Å². The Balaban J connectivity index is 2.45. The summed E-state index contributed by atoms with van der Waals surface area (Å²) in [7, 11) is 1.99. The number of benzene rings is 1. The van der Waals surface area contributed by atoms with Crippen LogP contribution in [0.1, 0.15) is 25.6 Å². The molecule has 0 amide bonds. The number of nitrogens with zero attached hydrogens (tertiary/aromatic N) is 2. The number of hydrogen-bond acceptors (Lipinski definition) is 1. The minimum absolute atomic E-state index is 0.213. The van der Waals surface area contributed by atoms with E-state index in [1.807, 2.05) is 13.2 Å². The van der Waals surface area contributed by atoms with Gasteiger partial charge >= 0.3 is 0 Å². The van der Waals surface area contributed by atoms with Crippen LogP contribution < -0.4 is 0 Å². The molecule has 1 aromatic heterocycles. The Morgan fingerprint density at radius 3 is 2.31 bits per heavy atom. The summed E-state index contributed by atoms with van der Waals surface area (Å²) in [4.78, 5) is 4.38. The fraction of sp³-hybridized carbons (Fsp3) is 0.308. The molecule has 0 saturated carbocycles. The number of hydrogen-bond donors (Lipinski definition) is 0. The number of rotatable bonds is 2. The summed E-state index contributed by atoms with van der Waals surface area (Å²) in [6, 6.07) is 6.49. The van der Waals surface area contributed by atoms with E-state index in [9.17, 15) is 4.39 Å².